The largest absolute Gasteiger partial charge is 0.365 e. The predicted molar refractivity (Wildman–Crippen MR) is 73.2 cm³/mol. The van der Waals surface area contributed by atoms with E-state index in [1.807, 2.05) is 6.07 Å². The van der Waals surface area contributed by atoms with Crippen LogP contribution in [0.2, 0.25) is 5.15 Å². The van der Waals surface area contributed by atoms with Crippen molar-refractivity contribution in [1.29, 1.82) is 5.26 Å². The van der Waals surface area contributed by atoms with Gasteiger partial charge >= 0.3 is 0 Å². The molecular weight excluding hydrogens is 286 g/mol. The van der Waals surface area contributed by atoms with Crippen molar-refractivity contribution in [2.45, 2.75) is 0 Å². The Morgan fingerprint density at radius 2 is 2.37 bits per heavy atom. The first-order chi connectivity index (χ1) is 9.20. The molecule has 0 spiro atoms. The zero-order valence-corrected chi connectivity index (χ0v) is 11.1. The number of amides is 1. The predicted octanol–water partition coefficient (Wildman–Crippen LogP) is 2.11. The maximum Gasteiger partial charge on any atom is 0.244 e. The van der Waals surface area contributed by atoms with Gasteiger partial charge in [0.2, 0.25) is 5.91 Å². The van der Waals surface area contributed by atoms with Gasteiger partial charge < -0.3 is 10.6 Å². The van der Waals surface area contributed by atoms with Crippen LogP contribution in [-0.2, 0) is 4.79 Å². The van der Waals surface area contributed by atoms with Gasteiger partial charge in [0, 0.05) is 6.20 Å². The first-order valence-corrected chi connectivity index (χ1v) is 6.36. The molecule has 2 rings (SSSR count). The Labute approximate surface area is 118 Å². The van der Waals surface area contributed by atoms with Gasteiger partial charge in [-0.2, -0.15) is 9.64 Å². The summed E-state index contributed by atoms with van der Waals surface area (Å²) in [6, 6.07) is 7.14. The highest BCUT2D eigenvalue weighted by molar-refractivity contribution is 7.10. The lowest BCUT2D eigenvalue weighted by Gasteiger charge is -2.05. The lowest BCUT2D eigenvalue weighted by atomic mass is 10.4. The maximum atomic E-state index is 11.6. The van der Waals surface area contributed by atoms with E-state index in [9.17, 15) is 4.79 Å². The number of anilines is 2. The zero-order valence-electron chi connectivity index (χ0n) is 9.55. The fourth-order valence-electron chi connectivity index (χ4n) is 1.27. The Bertz CT molecular complexity index is 622. The highest BCUT2D eigenvalue weighted by Crippen LogP contribution is 2.27. The van der Waals surface area contributed by atoms with Crippen LogP contribution in [0.1, 0.15) is 5.56 Å². The van der Waals surface area contributed by atoms with Crippen LogP contribution in [0.15, 0.2) is 24.4 Å². The molecule has 0 saturated heterocycles. The molecule has 0 fully saturated rings. The van der Waals surface area contributed by atoms with Gasteiger partial charge in [0.1, 0.15) is 22.5 Å². The molecule has 2 N–H and O–H groups in total. The van der Waals surface area contributed by atoms with Crippen molar-refractivity contribution in [2.24, 2.45) is 0 Å². The normalized spacial score (nSPS) is 9.68. The Balaban J connectivity index is 1.92. The molecular formula is C11H8ClN5OS. The van der Waals surface area contributed by atoms with Gasteiger partial charge in [-0.1, -0.05) is 17.7 Å². The van der Waals surface area contributed by atoms with Gasteiger partial charge in [0.05, 0.1) is 6.54 Å². The van der Waals surface area contributed by atoms with Crippen molar-refractivity contribution < 1.29 is 4.79 Å². The fourth-order valence-corrected chi connectivity index (χ4v) is 2.20. The van der Waals surface area contributed by atoms with Crippen molar-refractivity contribution in [2.75, 3.05) is 17.2 Å². The van der Waals surface area contributed by atoms with Crippen molar-refractivity contribution in [1.82, 2.24) is 9.36 Å². The number of carbonyl (C=O) groups excluding carboxylic acids is 1. The van der Waals surface area contributed by atoms with E-state index in [0.29, 0.717) is 10.8 Å². The van der Waals surface area contributed by atoms with Gasteiger partial charge in [-0.25, -0.2) is 4.98 Å². The molecule has 0 unspecified atom stereocenters. The number of hydrogen-bond donors (Lipinski definition) is 2. The molecule has 2 aromatic rings. The van der Waals surface area contributed by atoms with Crippen LogP contribution >= 0.6 is 23.1 Å². The molecule has 0 saturated carbocycles. The first-order valence-electron chi connectivity index (χ1n) is 5.20. The third-order valence-corrected chi connectivity index (χ3v) is 3.28. The summed E-state index contributed by atoms with van der Waals surface area (Å²) in [6.07, 6.45) is 1.58. The number of rotatable bonds is 4. The zero-order chi connectivity index (χ0) is 13.7. The number of carbonyl (C=O) groups is 1. The molecule has 19 heavy (non-hydrogen) atoms. The molecule has 0 aliphatic rings. The molecule has 0 aliphatic carbocycles. The number of nitrogens with one attached hydrogen (secondary N) is 2. The molecule has 2 aromatic heterocycles. The summed E-state index contributed by atoms with van der Waals surface area (Å²) >= 11 is 6.75. The summed E-state index contributed by atoms with van der Waals surface area (Å²) in [7, 11) is 0. The quantitative estimate of drug-likeness (QED) is 0.901. The van der Waals surface area contributed by atoms with E-state index in [0.717, 1.165) is 11.5 Å². The highest BCUT2D eigenvalue weighted by Gasteiger charge is 2.12. The van der Waals surface area contributed by atoms with Gasteiger partial charge in [0.15, 0.2) is 5.15 Å². The lowest BCUT2D eigenvalue weighted by molar-refractivity contribution is -0.114. The molecule has 0 radical (unpaired) electrons. The standard InChI is InChI=1S/C11H8ClN5OS/c12-10-7(5-13)11(19-17-10)15-6-9(18)16-8-3-1-2-4-14-8/h1-4,15H,6H2,(H,14,16,18). The summed E-state index contributed by atoms with van der Waals surface area (Å²) in [4.78, 5) is 15.6. The highest BCUT2D eigenvalue weighted by atomic mass is 35.5. The number of halogens is 1. The number of pyridine rings is 1. The van der Waals surface area contributed by atoms with Crippen molar-refractivity contribution >= 4 is 39.9 Å². The topological polar surface area (TPSA) is 90.7 Å². The van der Waals surface area contributed by atoms with Gasteiger partial charge in [-0.15, -0.1) is 0 Å². The maximum absolute atomic E-state index is 11.6. The second-order valence-corrected chi connectivity index (χ2v) is 4.54. The van der Waals surface area contributed by atoms with Gasteiger partial charge in [-0.3, -0.25) is 4.79 Å². The van der Waals surface area contributed by atoms with E-state index in [1.165, 1.54) is 0 Å². The van der Waals surface area contributed by atoms with E-state index in [4.69, 9.17) is 16.9 Å². The molecule has 96 valence electrons. The number of nitrogens with zero attached hydrogens (tertiary/aromatic N) is 3. The molecule has 1 amide bonds. The smallest absolute Gasteiger partial charge is 0.244 e. The summed E-state index contributed by atoms with van der Waals surface area (Å²) in [5.74, 6) is 0.198. The molecule has 0 bridgehead atoms. The van der Waals surface area contributed by atoms with Crippen LogP contribution in [0.4, 0.5) is 10.8 Å². The molecule has 6 nitrogen and oxygen atoms in total. The minimum Gasteiger partial charge on any atom is -0.365 e. The third kappa shape index (κ3) is 3.40. The summed E-state index contributed by atoms with van der Waals surface area (Å²) in [5, 5.41) is 14.9. The van der Waals surface area contributed by atoms with E-state index < -0.39 is 0 Å². The Morgan fingerprint density at radius 1 is 1.53 bits per heavy atom. The monoisotopic (exact) mass is 293 g/mol. The van der Waals surface area contributed by atoms with Crippen LogP contribution in [0.25, 0.3) is 0 Å². The van der Waals surface area contributed by atoms with Gasteiger partial charge in [-0.05, 0) is 23.7 Å². The van der Waals surface area contributed by atoms with Crippen LogP contribution in [-0.4, -0.2) is 21.8 Å². The van der Waals surface area contributed by atoms with Crippen LogP contribution < -0.4 is 10.6 Å². The molecule has 0 aliphatic heterocycles. The minimum absolute atomic E-state index is 0.00375. The van der Waals surface area contributed by atoms with E-state index in [1.54, 1.807) is 24.4 Å². The van der Waals surface area contributed by atoms with Crippen molar-refractivity contribution in [3.05, 3.63) is 35.1 Å². The van der Waals surface area contributed by atoms with Crippen molar-refractivity contribution in [3.8, 4) is 6.07 Å². The summed E-state index contributed by atoms with van der Waals surface area (Å²) in [6.45, 7) is 0.00375. The average molecular weight is 294 g/mol. The number of aromatic nitrogens is 2. The minimum atomic E-state index is -0.271. The molecule has 2 heterocycles. The second-order valence-electron chi connectivity index (χ2n) is 3.41. The third-order valence-electron chi connectivity index (χ3n) is 2.10. The van der Waals surface area contributed by atoms with Gasteiger partial charge in [0.25, 0.3) is 0 Å². The average Bonchev–Trinajstić information content (AvgIpc) is 2.78. The van der Waals surface area contributed by atoms with E-state index >= 15 is 0 Å². The van der Waals surface area contributed by atoms with Crippen LogP contribution in [0.3, 0.4) is 0 Å². The number of hydrogen-bond acceptors (Lipinski definition) is 6. The van der Waals surface area contributed by atoms with E-state index in [-0.39, 0.29) is 23.2 Å². The Kier molecular flexibility index (Phi) is 4.28. The first kappa shape index (κ1) is 13.3. The summed E-state index contributed by atoms with van der Waals surface area (Å²) < 4.78 is 3.83. The molecule has 0 atom stereocenters. The van der Waals surface area contributed by atoms with Crippen molar-refractivity contribution in [3.63, 3.8) is 0 Å². The fraction of sp³-hybridized carbons (Fsp3) is 0.0909. The number of nitriles is 1. The van der Waals surface area contributed by atoms with Crippen LogP contribution in [0, 0.1) is 11.3 Å². The molecule has 8 heteroatoms. The Morgan fingerprint density at radius 3 is 3.05 bits per heavy atom. The summed E-state index contributed by atoms with van der Waals surface area (Å²) in [5.41, 5.74) is 0.248. The molecule has 0 aromatic carbocycles. The SMILES string of the molecule is N#Cc1c(Cl)nsc1NCC(=O)Nc1ccccn1. The Hall–Kier alpha value is -2.17. The lowest BCUT2D eigenvalue weighted by Crippen LogP contribution is -2.22. The second kappa shape index (κ2) is 6.13. The van der Waals surface area contributed by atoms with E-state index in [2.05, 4.69) is 20.0 Å². The van der Waals surface area contributed by atoms with Crippen LogP contribution in [0.5, 0.6) is 0 Å².